The van der Waals surface area contributed by atoms with Crippen molar-refractivity contribution in [3.8, 4) is 5.75 Å². The summed E-state index contributed by atoms with van der Waals surface area (Å²) in [6.45, 7) is 4.17. The number of rotatable bonds is 6. The number of carbonyl (C=O) groups is 2. The number of nitrogens with zero attached hydrogens (tertiary/aromatic N) is 2. The fourth-order valence-electron chi connectivity index (χ4n) is 5.58. The van der Waals surface area contributed by atoms with Gasteiger partial charge in [-0.15, -0.1) is 0 Å². The summed E-state index contributed by atoms with van der Waals surface area (Å²) in [5.41, 5.74) is -2.04. The van der Waals surface area contributed by atoms with Crippen LogP contribution >= 0.6 is 0 Å². The Morgan fingerprint density at radius 2 is 1.85 bits per heavy atom. The zero-order valence-electron chi connectivity index (χ0n) is 19.0. The molecular formula is C24H26F3N3O4. The largest absolute Gasteiger partial charge is 0.503 e. The topological polar surface area (TPSA) is 91.6 Å². The third-order valence-electron chi connectivity index (χ3n) is 7.73. The Balaban J connectivity index is 1.60. The number of aromatic hydroxyl groups is 1. The zero-order chi connectivity index (χ0) is 24.9. The van der Waals surface area contributed by atoms with Gasteiger partial charge in [-0.25, -0.2) is 13.2 Å². The zero-order valence-corrected chi connectivity index (χ0v) is 19.0. The van der Waals surface area contributed by atoms with Crippen molar-refractivity contribution in [1.82, 2.24) is 14.8 Å². The number of benzene rings is 1. The maximum atomic E-state index is 13.9. The Bertz CT molecular complexity index is 1210. The Labute approximate surface area is 194 Å². The highest BCUT2D eigenvalue weighted by Crippen LogP contribution is 2.49. The van der Waals surface area contributed by atoms with E-state index >= 15 is 0 Å². The normalized spacial score (nSPS) is 26.1. The summed E-state index contributed by atoms with van der Waals surface area (Å²) in [4.78, 5) is 39.2. The molecule has 182 valence electrons. The number of carbonyl (C=O) groups excluding carboxylic acids is 2. The van der Waals surface area contributed by atoms with Crippen LogP contribution in [0, 0.1) is 35.2 Å². The smallest absolute Gasteiger partial charge is 0.257 e. The number of pyridine rings is 1. The van der Waals surface area contributed by atoms with Gasteiger partial charge in [0, 0.05) is 43.0 Å². The lowest BCUT2D eigenvalue weighted by Gasteiger charge is -2.40. The summed E-state index contributed by atoms with van der Waals surface area (Å²) in [5, 5.41) is 12.6. The molecule has 2 N–H and O–H groups in total. The van der Waals surface area contributed by atoms with Crippen LogP contribution in [0.4, 0.5) is 13.2 Å². The average Bonchev–Trinajstić information content (AvgIpc) is 3.27. The van der Waals surface area contributed by atoms with Crippen LogP contribution in [0.3, 0.4) is 0 Å². The number of halogens is 3. The summed E-state index contributed by atoms with van der Waals surface area (Å²) in [6, 6.07) is 1.42. The SMILES string of the molecule is CC1C2CC([C@H]1C)N(C)C2Cn1cc(C(=O)NCc2cc(F)c(F)cc2F)c(=O)c(O)c1C=O. The first-order valence-corrected chi connectivity index (χ1v) is 11.1. The third-order valence-corrected chi connectivity index (χ3v) is 7.73. The molecule has 2 heterocycles. The molecule has 1 aromatic heterocycles. The van der Waals surface area contributed by atoms with Crippen LogP contribution in [0.5, 0.6) is 5.75 Å². The number of likely N-dealkylation sites (tertiary alicyclic amines) is 1. The van der Waals surface area contributed by atoms with Crippen LogP contribution < -0.4 is 10.7 Å². The lowest BCUT2D eigenvalue weighted by atomic mass is 9.83. The molecule has 1 saturated heterocycles. The van der Waals surface area contributed by atoms with Crippen LogP contribution in [-0.2, 0) is 13.1 Å². The Kier molecular flexibility index (Phi) is 6.28. The highest BCUT2D eigenvalue weighted by molar-refractivity contribution is 5.95. The van der Waals surface area contributed by atoms with Gasteiger partial charge in [0.1, 0.15) is 17.1 Å². The number of aromatic nitrogens is 1. The second-order valence-electron chi connectivity index (χ2n) is 9.33. The summed E-state index contributed by atoms with van der Waals surface area (Å²) in [7, 11) is 2.00. The minimum Gasteiger partial charge on any atom is -0.503 e. The van der Waals surface area contributed by atoms with E-state index in [2.05, 4.69) is 24.1 Å². The van der Waals surface area contributed by atoms with Gasteiger partial charge >= 0.3 is 0 Å². The second kappa shape index (κ2) is 8.90. The van der Waals surface area contributed by atoms with Crippen molar-refractivity contribution in [2.45, 2.75) is 45.4 Å². The molecule has 7 nitrogen and oxygen atoms in total. The Morgan fingerprint density at radius 1 is 1.18 bits per heavy atom. The van der Waals surface area contributed by atoms with E-state index in [1.165, 1.54) is 10.8 Å². The van der Waals surface area contributed by atoms with E-state index in [9.17, 15) is 32.7 Å². The first kappa shape index (κ1) is 24.0. The molecule has 34 heavy (non-hydrogen) atoms. The number of hydrogen-bond donors (Lipinski definition) is 2. The maximum Gasteiger partial charge on any atom is 0.257 e. The van der Waals surface area contributed by atoms with Crippen LogP contribution in [0.1, 0.15) is 46.7 Å². The first-order chi connectivity index (χ1) is 16.0. The van der Waals surface area contributed by atoms with Gasteiger partial charge in [-0.1, -0.05) is 13.8 Å². The second-order valence-corrected chi connectivity index (χ2v) is 9.33. The van der Waals surface area contributed by atoms with E-state index < -0.39 is 46.6 Å². The van der Waals surface area contributed by atoms with E-state index in [1.54, 1.807) is 0 Å². The lowest BCUT2D eigenvalue weighted by Crippen LogP contribution is -2.47. The summed E-state index contributed by atoms with van der Waals surface area (Å²) in [6.07, 6.45) is 2.59. The third kappa shape index (κ3) is 3.89. The number of nitrogens with one attached hydrogen (secondary N) is 1. The molecule has 0 spiro atoms. The van der Waals surface area contributed by atoms with Gasteiger partial charge in [-0.2, -0.15) is 0 Å². The van der Waals surface area contributed by atoms with Crippen molar-refractivity contribution in [2.24, 2.45) is 17.8 Å². The minimum absolute atomic E-state index is 0.0454. The van der Waals surface area contributed by atoms with Crippen LogP contribution in [0.2, 0.25) is 0 Å². The van der Waals surface area contributed by atoms with Gasteiger partial charge in [-0.3, -0.25) is 19.3 Å². The molecule has 5 atom stereocenters. The molecule has 2 fully saturated rings. The van der Waals surface area contributed by atoms with Crippen molar-refractivity contribution < 1.29 is 27.9 Å². The molecule has 1 aliphatic carbocycles. The van der Waals surface area contributed by atoms with E-state index in [4.69, 9.17) is 0 Å². The number of likely N-dealkylation sites (N-methyl/N-ethyl adjacent to an activating group) is 1. The Hall–Kier alpha value is -3.14. The molecule has 2 bridgehead atoms. The summed E-state index contributed by atoms with van der Waals surface area (Å²) >= 11 is 0. The molecular weight excluding hydrogens is 451 g/mol. The number of piperidine rings is 1. The molecule has 4 rings (SSSR count). The number of fused-ring (bicyclic) bond motifs is 2. The van der Waals surface area contributed by atoms with Gasteiger partial charge < -0.3 is 15.0 Å². The quantitative estimate of drug-likeness (QED) is 0.493. The molecule has 4 unspecified atom stereocenters. The van der Waals surface area contributed by atoms with Crippen molar-refractivity contribution in [3.63, 3.8) is 0 Å². The fourth-order valence-corrected chi connectivity index (χ4v) is 5.58. The summed E-state index contributed by atoms with van der Waals surface area (Å²) < 4.78 is 41.8. The molecule has 2 aliphatic rings. The predicted octanol–water partition coefficient (Wildman–Crippen LogP) is 2.69. The van der Waals surface area contributed by atoms with Crippen LogP contribution in [0.15, 0.2) is 23.1 Å². The number of amides is 1. The number of hydrogen-bond acceptors (Lipinski definition) is 5. The van der Waals surface area contributed by atoms with E-state index in [1.807, 2.05) is 7.05 Å². The standard InChI is InChI=1S/C24H26F3N3O4/c1-11-12(2)19-5-14(11)20(29(19)3)9-30-8-15(22(32)23(33)21(30)10-31)24(34)28-7-13-4-17(26)18(27)6-16(13)25/h4,6,8,10-12,14,19-20,33H,5,7,9H2,1-3H3,(H,28,34)/t11?,12-,14?,19?,20?/m0/s1. The molecule has 1 aliphatic heterocycles. The van der Waals surface area contributed by atoms with E-state index in [0.717, 1.165) is 6.42 Å². The van der Waals surface area contributed by atoms with Crippen molar-refractivity contribution in [2.75, 3.05) is 7.05 Å². The molecule has 1 aromatic carbocycles. The first-order valence-electron chi connectivity index (χ1n) is 11.1. The van der Waals surface area contributed by atoms with Crippen LogP contribution in [0.25, 0.3) is 0 Å². The summed E-state index contributed by atoms with van der Waals surface area (Å²) in [5.74, 6) is -4.14. The minimum atomic E-state index is -1.36. The maximum absolute atomic E-state index is 13.9. The van der Waals surface area contributed by atoms with Crippen molar-refractivity contribution >= 4 is 12.2 Å². The molecule has 2 aromatic rings. The van der Waals surface area contributed by atoms with E-state index in [0.29, 0.717) is 42.2 Å². The highest BCUT2D eigenvalue weighted by Gasteiger charge is 2.52. The Morgan fingerprint density at radius 3 is 2.50 bits per heavy atom. The fraction of sp³-hybridized carbons (Fsp3) is 0.458. The monoisotopic (exact) mass is 477 g/mol. The van der Waals surface area contributed by atoms with E-state index in [-0.39, 0.29) is 23.8 Å². The molecule has 10 heteroatoms. The predicted molar refractivity (Wildman–Crippen MR) is 117 cm³/mol. The van der Waals surface area contributed by atoms with Gasteiger partial charge in [0.25, 0.3) is 5.91 Å². The van der Waals surface area contributed by atoms with Gasteiger partial charge in [0.2, 0.25) is 5.43 Å². The van der Waals surface area contributed by atoms with Crippen molar-refractivity contribution in [3.05, 3.63) is 62.8 Å². The van der Waals surface area contributed by atoms with Crippen LogP contribution in [-0.4, -0.2) is 45.9 Å². The molecule has 1 amide bonds. The molecule has 0 radical (unpaired) electrons. The van der Waals surface area contributed by atoms with Crippen molar-refractivity contribution in [1.29, 1.82) is 0 Å². The average molecular weight is 477 g/mol. The lowest BCUT2D eigenvalue weighted by molar-refractivity contribution is 0.0799. The highest BCUT2D eigenvalue weighted by atomic mass is 19.2. The van der Waals surface area contributed by atoms with Gasteiger partial charge in [-0.05, 0) is 37.3 Å². The molecule has 1 saturated carbocycles. The van der Waals surface area contributed by atoms with Gasteiger partial charge in [0.05, 0.1) is 0 Å². The van der Waals surface area contributed by atoms with Gasteiger partial charge in [0.15, 0.2) is 23.7 Å². The number of aldehydes is 1.